The highest BCUT2D eigenvalue weighted by molar-refractivity contribution is 7.89. The first-order valence-electron chi connectivity index (χ1n) is 7.12. The summed E-state index contributed by atoms with van der Waals surface area (Å²) in [6.45, 7) is 6.90. The van der Waals surface area contributed by atoms with Crippen molar-refractivity contribution in [3.05, 3.63) is 33.9 Å². The molecule has 0 radical (unpaired) electrons. The van der Waals surface area contributed by atoms with Gasteiger partial charge in [0, 0.05) is 24.2 Å². The minimum atomic E-state index is -3.80. The molecule has 2 N–H and O–H groups in total. The van der Waals surface area contributed by atoms with Crippen LogP contribution in [0.1, 0.15) is 25.8 Å². The second kappa shape index (κ2) is 5.94. The van der Waals surface area contributed by atoms with Crippen molar-refractivity contribution in [2.45, 2.75) is 38.1 Å². The van der Waals surface area contributed by atoms with Gasteiger partial charge in [0.05, 0.1) is 9.82 Å². The monoisotopic (exact) mass is 327 g/mol. The molecule has 8 heteroatoms. The summed E-state index contributed by atoms with van der Waals surface area (Å²) in [5.74, 6) is 0. The summed E-state index contributed by atoms with van der Waals surface area (Å²) in [7, 11) is -3.80. The fourth-order valence-corrected chi connectivity index (χ4v) is 4.44. The fourth-order valence-electron chi connectivity index (χ4n) is 2.73. The van der Waals surface area contributed by atoms with E-state index in [1.807, 2.05) is 13.8 Å². The lowest BCUT2D eigenvalue weighted by Gasteiger charge is -2.39. The molecule has 1 aliphatic rings. The molecule has 1 heterocycles. The van der Waals surface area contributed by atoms with E-state index in [0.29, 0.717) is 13.0 Å². The van der Waals surface area contributed by atoms with E-state index in [1.165, 1.54) is 25.1 Å². The van der Waals surface area contributed by atoms with E-state index in [0.717, 1.165) is 6.54 Å². The second-order valence-corrected chi connectivity index (χ2v) is 7.97. The minimum absolute atomic E-state index is 0.0315. The van der Waals surface area contributed by atoms with Gasteiger partial charge in [-0.15, -0.1) is 0 Å². The van der Waals surface area contributed by atoms with Crippen LogP contribution in [0.5, 0.6) is 0 Å². The number of nitro benzene ring substituents is 1. The Morgan fingerprint density at radius 3 is 2.68 bits per heavy atom. The summed E-state index contributed by atoms with van der Waals surface area (Å²) >= 11 is 0. The quantitative estimate of drug-likeness (QED) is 0.645. The van der Waals surface area contributed by atoms with Crippen LogP contribution >= 0.6 is 0 Å². The van der Waals surface area contributed by atoms with Gasteiger partial charge < -0.3 is 5.32 Å². The van der Waals surface area contributed by atoms with Gasteiger partial charge in [0.1, 0.15) is 0 Å². The molecule has 1 aromatic rings. The standard InChI is InChI=1S/C14H21N3O4S/c1-10-11(17(18)19)5-4-6-12(10)22(20,21)16-13-7-8-15-9-14(13,2)3/h4-6,13,15-16H,7-9H2,1-3H3. The first-order chi connectivity index (χ1) is 10.1. The average Bonchev–Trinajstić information content (AvgIpc) is 2.40. The van der Waals surface area contributed by atoms with Crippen LogP contribution in [-0.2, 0) is 10.0 Å². The number of nitrogens with one attached hydrogen (secondary N) is 2. The number of hydrogen-bond acceptors (Lipinski definition) is 5. The summed E-state index contributed by atoms with van der Waals surface area (Å²) in [5, 5.41) is 14.2. The van der Waals surface area contributed by atoms with Crippen LogP contribution in [0.2, 0.25) is 0 Å². The number of piperidine rings is 1. The van der Waals surface area contributed by atoms with Crippen molar-refractivity contribution >= 4 is 15.7 Å². The zero-order valence-electron chi connectivity index (χ0n) is 12.9. The van der Waals surface area contributed by atoms with E-state index < -0.39 is 14.9 Å². The van der Waals surface area contributed by atoms with Crippen LogP contribution in [0.25, 0.3) is 0 Å². The van der Waals surface area contributed by atoms with Gasteiger partial charge in [0.25, 0.3) is 5.69 Å². The van der Waals surface area contributed by atoms with Crippen LogP contribution in [0.4, 0.5) is 5.69 Å². The molecule has 1 saturated heterocycles. The lowest BCUT2D eigenvalue weighted by atomic mass is 9.81. The molecule has 122 valence electrons. The molecule has 0 saturated carbocycles. The largest absolute Gasteiger partial charge is 0.316 e. The smallest absolute Gasteiger partial charge is 0.273 e. The number of nitrogens with zero attached hydrogens (tertiary/aromatic N) is 1. The Kier molecular flexibility index (Phi) is 4.55. The number of hydrogen-bond donors (Lipinski definition) is 2. The second-order valence-electron chi connectivity index (χ2n) is 6.29. The summed E-state index contributed by atoms with van der Waals surface area (Å²) in [4.78, 5) is 10.4. The van der Waals surface area contributed by atoms with E-state index in [1.54, 1.807) is 0 Å². The van der Waals surface area contributed by atoms with Crippen LogP contribution in [-0.4, -0.2) is 32.5 Å². The molecule has 0 amide bonds. The topological polar surface area (TPSA) is 101 Å². The number of benzene rings is 1. The predicted octanol–water partition coefficient (Wildman–Crippen LogP) is 1.57. The molecule has 1 fully saturated rings. The Hall–Kier alpha value is -1.51. The van der Waals surface area contributed by atoms with Gasteiger partial charge in [0.15, 0.2) is 0 Å². The molecule has 0 aliphatic carbocycles. The molecule has 0 aromatic heterocycles. The van der Waals surface area contributed by atoms with E-state index in [2.05, 4.69) is 10.0 Å². The number of sulfonamides is 1. The zero-order chi connectivity index (χ0) is 16.5. The third kappa shape index (κ3) is 3.29. The predicted molar refractivity (Wildman–Crippen MR) is 83.2 cm³/mol. The highest BCUT2D eigenvalue weighted by Crippen LogP contribution is 2.29. The van der Waals surface area contributed by atoms with Crippen molar-refractivity contribution in [3.63, 3.8) is 0 Å². The SMILES string of the molecule is Cc1c([N+](=O)[O-])cccc1S(=O)(=O)NC1CCNCC1(C)C. The van der Waals surface area contributed by atoms with Gasteiger partial charge in [-0.3, -0.25) is 10.1 Å². The Morgan fingerprint density at radius 1 is 1.41 bits per heavy atom. The zero-order valence-corrected chi connectivity index (χ0v) is 13.7. The van der Waals surface area contributed by atoms with Crippen molar-refractivity contribution in [1.82, 2.24) is 10.0 Å². The summed E-state index contributed by atoms with van der Waals surface area (Å²) in [6, 6.07) is 3.90. The summed E-state index contributed by atoms with van der Waals surface area (Å²) < 4.78 is 28.0. The van der Waals surface area contributed by atoms with Gasteiger partial charge in [-0.2, -0.15) is 0 Å². The van der Waals surface area contributed by atoms with Gasteiger partial charge in [-0.05, 0) is 31.4 Å². The first kappa shape index (κ1) is 16.9. The molecule has 7 nitrogen and oxygen atoms in total. The molecule has 0 bridgehead atoms. The Bertz CT molecular complexity index is 685. The van der Waals surface area contributed by atoms with Gasteiger partial charge in [-0.1, -0.05) is 19.9 Å². The maximum atomic E-state index is 12.6. The van der Waals surface area contributed by atoms with Crippen LogP contribution < -0.4 is 10.0 Å². The molecular formula is C14H21N3O4S. The van der Waals surface area contributed by atoms with Gasteiger partial charge >= 0.3 is 0 Å². The molecular weight excluding hydrogens is 306 g/mol. The minimum Gasteiger partial charge on any atom is -0.316 e. The lowest BCUT2D eigenvalue weighted by molar-refractivity contribution is -0.385. The molecule has 1 unspecified atom stereocenters. The maximum absolute atomic E-state index is 12.6. The molecule has 1 aliphatic heterocycles. The maximum Gasteiger partial charge on any atom is 0.273 e. The summed E-state index contributed by atoms with van der Waals surface area (Å²) in [5.41, 5.74) is -0.251. The molecule has 22 heavy (non-hydrogen) atoms. The van der Waals surface area contributed by atoms with Crippen molar-refractivity contribution in [2.24, 2.45) is 5.41 Å². The van der Waals surface area contributed by atoms with E-state index in [4.69, 9.17) is 0 Å². The van der Waals surface area contributed by atoms with E-state index >= 15 is 0 Å². The van der Waals surface area contributed by atoms with E-state index in [-0.39, 0.29) is 27.6 Å². The number of rotatable bonds is 4. The Balaban J connectivity index is 2.35. The Morgan fingerprint density at radius 2 is 2.09 bits per heavy atom. The van der Waals surface area contributed by atoms with Crippen LogP contribution in [0.15, 0.2) is 23.1 Å². The van der Waals surface area contributed by atoms with Crippen LogP contribution in [0.3, 0.4) is 0 Å². The first-order valence-corrected chi connectivity index (χ1v) is 8.60. The highest BCUT2D eigenvalue weighted by Gasteiger charge is 2.36. The molecule has 1 atom stereocenters. The normalized spacial score (nSPS) is 21.5. The summed E-state index contributed by atoms with van der Waals surface area (Å²) in [6.07, 6.45) is 0.681. The molecule has 2 rings (SSSR count). The van der Waals surface area contributed by atoms with Crippen molar-refractivity contribution in [1.29, 1.82) is 0 Å². The average molecular weight is 327 g/mol. The molecule has 0 spiro atoms. The van der Waals surface area contributed by atoms with Gasteiger partial charge in [0.2, 0.25) is 10.0 Å². The van der Waals surface area contributed by atoms with Crippen LogP contribution in [0, 0.1) is 22.5 Å². The third-order valence-electron chi connectivity index (χ3n) is 4.17. The Labute approximate surface area is 130 Å². The number of nitro groups is 1. The lowest BCUT2D eigenvalue weighted by Crippen LogP contribution is -2.54. The van der Waals surface area contributed by atoms with E-state index in [9.17, 15) is 18.5 Å². The van der Waals surface area contributed by atoms with Crippen molar-refractivity contribution in [2.75, 3.05) is 13.1 Å². The fraction of sp³-hybridized carbons (Fsp3) is 0.571. The van der Waals surface area contributed by atoms with Crippen molar-refractivity contribution in [3.8, 4) is 0 Å². The van der Waals surface area contributed by atoms with Crippen molar-refractivity contribution < 1.29 is 13.3 Å². The highest BCUT2D eigenvalue weighted by atomic mass is 32.2. The van der Waals surface area contributed by atoms with Gasteiger partial charge in [-0.25, -0.2) is 13.1 Å². The molecule has 1 aromatic carbocycles. The third-order valence-corrected chi connectivity index (χ3v) is 5.79.